The van der Waals surface area contributed by atoms with Gasteiger partial charge in [0.25, 0.3) is 0 Å². The fourth-order valence-electron chi connectivity index (χ4n) is 2.79. The summed E-state index contributed by atoms with van der Waals surface area (Å²) in [5, 5.41) is 7.05. The van der Waals surface area contributed by atoms with Gasteiger partial charge in [0.2, 0.25) is 0 Å². The molecule has 18 heavy (non-hydrogen) atoms. The summed E-state index contributed by atoms with van der Waals surface area (Å²) in [4.78, 5) is 0. The van der Waals surface area contributed by atoms with Gasteiger partial charge >= 0.3 is 0 Å². The van der Waals surface area contributed by atoms with E-state index in [-0.39, 0.29) is 0 Å². The largest absolute Gasteiger partial charge is 0.385 e. The van der Waals surface area contributed by atoms with Gasteiger partial charge in [0.15, 0.2) is 0 Å². The van der Waals surface area contributed by atoms with Crippen molar-refractivity contribution in [1.82, 2.24) is 5.32 Å². The second kappa shape index (κ2) is 6.24. The molecule has 2 N–H and O–H groups in total. The van der Waals surface area contributed by atoms with Crippen LogP contribution in [0.1, 0.15) is 43.7 Å². The molecule has 0 bridgehead atoms. The molecule has 2 nitrogen and oxygen atoms in total. The minimum absolute atomic E-state index is 0.613. The first-order valence-corrected chi connectivity index (χ1v) is 7.22. The highest BCUT2D eigenvalue weighted by Crippen LogP contribution is 2.22. The third kappa shape index (κ3) is 3.49. The zero-order chi connectivity index (χ0) is 13.0. The van der Waals surface area contributed by atoms with Crippen molar-refractivity contribution in [2.45, 2.75) is 39.5 Å². The Labute approximate surface area is 111 Å². The SMILES string of the molecule is Cc1cc(NCC2CCCNC2)ccc1C(C)C. The molecular weight excluding hydrogens is 220 g/mol. The van der Waals surface area contributed by atoms with Gasteiger partial charge in [-0.1, -0.05) is 19.9 Å². The molecule has 0 radical (unpaired) electrons. The van der Waals surface area contributed by atoms with Crippen molar-refractivity contribution in [3.8, 4) is 0 Å². The number of rotatable bonds is 4. The number of benzene rings is 1. The third-order valence-electron chi connectivity index (χ3n) is 3.89. The van der Waals surface area contributed by atoms with Crippen LogP contribution >= 0.6 is 0 Å². The molecule has 1 fully saturated rings. The predicted octanol–water partition coefficient (Wildman–Crippen LogP) is 3.53. The average molecular weight is 246 g/mol. The Balaban J connectivity index is 1.91. The molecule has 0 saturated carbocycles. The molecule has 1 unspecified atom stereocenters. The lowest BCUT2D eigenvalue weighted by Crippen LogP contribution is -2.33. The molecule has 1 aliphatic rings. The number of piperidine rings is 1. The smallest absolute Gasteiger partial charge is 0.0343 e. The molecule has 100 valence electrons. The van der Waals surface area contributed by atoms with E-state index < -0.39 is 0 Å². The van der Waals surface area contributed by atoms with Crippen LogP contribution in [0.2, 0.25) is 0 Å². The Bertz CT molecular complexity index is 379. The highest BCUT2D eigenvalue weighted by Gasteiger charge is 2.12. The minimum atomic E-state index is 0.613. The van der Waals surface area contributed by atoms with E-state index in [0.29, 0.717) is 5.92 Å². The molecule has 2 rings (SSSR count). The van der Waals surface area contributed by atoms with Crippen molar-refractivity contribution < 1.29 is 0 Å². The van der Waals surface area contributed by atoms with E-state index in [9.17, 15) is 0 Å². The van der Waals surface area contributed by atoms with Crippen LogP contribution in [0.15, 0.2) is 18.2 Å². The van der Waals surface area contributed by atoms with Crippen molar-refractivity contribution in [3.63, 3.8) is 0 Å². The van der Waals surface area contributed by atoms with E-state index in [4.69, 9.17) is 0 Å². The Morgan fingerprint density at radius 3 is 2.83 bits per heavy atom. The number of anilines is 1. The van der Waals surface area contributed by atoms with Crippen LogP contribution in [0.25, 0.3) is 0 Å². The maximum absolute atomic E-state index is 3.58. The van der Waals surface area contributed by atoms with Crippen molar-refractivity contribution in [2.24, 2.45) is 5.92 Å². The summed E-state index contributed by atoms with van der Waals surface area (Å²) in [6, 6.07) is 6.77. The normalized spacial score (nSPS) is 20.1. The van der Waals surface area contributed by atoms with Crippen LogP contribution in [-0.4, -0.2) is 19.6 Å². The average Bonchev–Trinajstić information content (AvgIpc) is 2.37. The van der Waals surface area contributed by atoms with Gasteiger partial charge in [-0.25, -0.2) is 0 Å². The van der Waals surface area contributed by atoms with Crippen molar-refractivity contribution in [3.05, 3.63) is 29.3 Å². The van der Waals surface area contributed by atoms with Crippen molar-refractivity contribution in [1.29, 1.82) is 0 Å². The van der Waals surface area contributed by atoms with Gasteiger partial charge in [-0.3, -0.25) is 0 Å². The topological polar surface area (TPSA) is 24.1 Å². The maximum Gasteiger partial charge on any atom is 0.0343 e. The van der Waals surface area contributed by atoms with Crippen LogP contribution in [0.4, 0.5) is 5.69 Å². The lowest BCUT2D eigenvalue weighted by Gasteiger charge is -2.23. The lowest BCUT2D eigenvalue weighted by atomic mass is 9.97. The van der Waals surface area contributed by atoms with E-state index in [1.165, 1.54) is 36.2 Å². The van der Waals surface area contributed by atoms with Crippen molar-refractivity contribution >= 4 is 5.69 Å². The Morgan fingerprint density at radius 2 is 2.22 bits per heavy atom. The summed E-state index contributed by atoms with van der Waals surface area (Å²) in [6.45, 7) is 10.2. The van der Waals surface area contributed by atoms with Gasteiger partial charge in [-0.15, -0.1) is 0 Å². The minimum Gasteiger partial charge on any atom is -0.385 e. The summed E-state index contributed by atoms with van der Waals surface area (Å²) >= 11 is 0. The Morgan fingerprint density at radius 1 is 1.39 bits per heavy atom. The molecule has 0 aliphatic carbocycles. The number of hydrogen-bond donors (Lipinski definition) is 2. The molecule has 0 spiro atoms. The van der Waals surface area contributed by atoms with E-state index >= 15 is 0 Å². The van der Waals surface area contributed by atoms with Gasteiger partial charge in [0.1, 0.15) is 0 Å². The summed E-state index contributed by atoms with van der Waals surface area (Å²) in [6.07, 6.45) is 2.67. The van der Waals surface area contributed by atoms with Crippen LogP contribution in [0.5, 0.6) is 0 Å². The molecule has 1 aliphatic heterocycles. The van der Waals surface area contributed by atoms with E-state index in [2.05, 4.69) is 49.6 Å². The van der Waals surface area contributed by atoms with Crippen LogP contribution in [-0.2, 0) is 0 Å². The summed E-state index contributed by atoms with van der Waals surface area (Å²) in [5.74, 6) is 1.39. The zero-order valence-electron chi connectivity index (χ0n) is 11.9. The maximum atomic E-state index is 3.58. The lowest BCUT2D eigenvalue weighted by molar-refractivity contribution is 0.393. The van der Waals surface area contributed by atoms with E-state index in [1.807, 2.05) is 0 Å². The first kappa shape index (κ1) is 13.4. The highest BCUT2D eigenvalue weighted by molar-refractivity contribution is 5.49. The Kier molecular flexibility index (Phi) is 4.65. The monoisotopic (exact) mass is 246 g/mol. The molecule has 2 heteroatoms. The second-order valence-electron chi connectivity index (χ2n) is 5.82. The molecule has 1 heterocycles. The fourth-order valence-corrected chi connectivity index (χ4v) is 2.79. The van der Waals surface area contributed by atoms with Gasteiger partial charge in [0.05, 0.1) is 0 Å². The van der Waals surface area contributed by atoms with E-state index in [1.54, 1.807) is 0 Å². The van der Waals surface area contributed by atoms with Gasteiger partial charge in [-0.2, -0.15) is 0 Å². The van der Waals surface area contributed by atoms with Crippen LogP contribution in [0, 0.1) is 12.8 Å². The van der Waals surface area contributed by atoms with Gasteiger partial charge < -0.3 is 10.6 Å². The quantitative estimate of drug-likeness (QED) is 0.849. The molecule has 0 amide bonds. The highest BCUT2D eigenvalue weighted by atomic mass is 14.9. The van der Waals surface area contributed by atoms with Crippen LogP contribution < -0.4 is 10.6 Å². The summed E-state index contributed by atoms with van der Waals surface area (Å²) in [5.41, 5.74) is 4.12. The fraction of sp³-hybridized carbons (Fsp3) is 0.625. The first-order chi connectivity index (χ1) is 8.66. The molecule has 1 aromatic rings. The second-order valence-corrected chi connectivity index (χ2v) is 5.82. The number of aryl methyl sites for hydroxylation is 1. The van der Waals surface area contributed by atoms with Crippen LogP contribution in [0.3, 0.4) is 0 Å². The van der Waals surface area contributed by atoms with E-state index in [0.717, 1.165) is 19.0 Å². The standard InChI is InChI=1S/C16H26N2/c1-12(2)16-7-6-15(9-13(16)3)18-11-14-5-4-8-17-10-14/h6-7,9,12,14,17-18H,4-5,8,10-11H2,1-3H3. The zero-order valence-corrected chi connectivity index (χ0v) is 11.9. The molecular formula is C16H26N2. The molecule has 1 aromatic carbocycles. The molecule has 0 aromatic heterocycles. The number of hydrogen-bond acceptors (Lipinski definition) is 2. The third-order valence-corrected chi connectivity index (χ3v) is 3.89. The van der Waals surface area contributed by atoms with Gasteiger partial charge in [0, 0.05) is 12.2 Å². The molecule has 1 atom stereocenters. The summed E-state index contributed by atoms with van der Waals surface area (Å²) in [7, 11) is 0. The summed E-state index contributed by atoms with van der Waals surface area (Å²) < 4.78 is 0. The van der Waals surface area contributed by atoms with Gasteiger partial charge in [-0.05, 0) is 68.0 Å². The van der Waals surface area contributed by atoms with Crippen molar-refractivity contribution in [2.75, 3.05) is 25.0 Å². The Hall–Kier alpha value is -1.02. The molecule has 1 saturated heterocycles. The number of nitrogens with one attached hydrogen (secondary N) is 2. The predicted molar refractivity (Wildman–Crippen MR) is 79.4 cm³/mol. The first-order valence-electron chi connectivity index (χ1n) is 7.22.